The summed E-state index contributed by atoms with van der Waals surface area (Å²) in [5, 5.41) is 7.73. The monoisotopic (exact) mass is 358 g/mol. The highest BCUT2D eigenvalue weighted by molar-refractivity contribution is 7.80. The highest BCUT2D eigenvalue weighted by atomic mass is 32.3. The van der Waals surface area contributed by atoms with Crippen molar-refractivity contribution in [3.63, 3.8) is 0 Å². The number of piperidine rings is 1. The fourth-order valence-electron chi connectivity index (χ4n) is 2.95. The van der Waals surface area contributed by atoms with E-state index in [1.807, 2.05) is 6.92 Å². The van der Waals surface area contributed by atoms with Gasteiger partial charge in [-0.3, -0.25) is 4.55 Å². The Kier molecular flexibility index (Phi) is 4.24. The van der Waals surface area contributed by atoms with Gasteiger partial charge in [-0.15, -0.1) is 4.28 Å². The predicted molar refractivity (Wildman–Crippen MR) is 80.5 cm³/mol. The Hall–Kier alpha value is -2.11. The number of carbonyl (C=O) groups excluding carboxylic acids is 1. The molecule has 2 fully saturated rings. The molecule has 10 nitrogen and oxygen atoms in total. The Morgan fingerprint density at radius 3 is 3.00 bits per heavy atom. The number of rotatable bonds is 6. The van der Waals surface area contributed by atoms with Crippen LogP contribution in [0.1, 0.15) is 37.3 Å². The van der Waals surface area contributed by atoms with Gasteiger partial charge in [0.05, 0.1) is 18.6 Å². The van der Waals surface area contributed by atoms with E-state index in [9.17, 15) is 13.2 Å². The molecule has 24 heavy (non-hydrogen) atoms. The SMILES string of the molecule is C=C(C)NCc1cc([C@@H]2CC[C@@H]3CN2C(=O)N3OS(=O)(=O)O)no1. The molecule has 0 spiro atoms. The minimum Gasteiger partial charge on any atom is -0.382 e. The maximum Gasteiger partial charge on any atom is 0.418 e. The maximum absolute atomic E-state index is 12.3. The van der Waals surface area contributed by atoms with Crippen molar-refractivity contribution in [3.05, 3.63) is 29.8 Å². The molecule has 132 valence electrons. The first-order chi connectivity index (χ1) is 11.2. The molecule has 0 aliphatic carbocycles. The van der Waals surface area contributed by atoms with E-state index >= 15 is 0 Å². The lowest BCUT2D eigenvalue weighted by atomic mass is 9.98. The molecule has 11 heteroatoms. The molecule has 2 N–H and O–H groups in total. The van der Waals surface area contributed by atoms with Gasteiger partial charge in [-0.25, -0.2) is 4.79 Å². The lowest BCUT2D eigenvalue weighted by Gasteiger charge is -2.28. The van der Waals surface area contributed by atoms with E-state index in [2.05, 4.69) is 21.3 Å². The number of hydrogen-bond donors (Lipinski definition) is 2. The Labute approximate surface area is 138 Å². The number of aromatic nitrogens is 1. The average molecular weight is 358 g/mol. The quantitative estimate of drug-likeness (QED) is 0.721. The second-order valence-electron chi connectivity index (χ2n) is 5.86. The number of urea groups is 1. The molecule has 3 heterocycles. The normalized spacial score (nSPS) is 23.7. The number of carbonyl (C=O) groups is 1. The van der Waals surface area contributed by atoms with Crippen LogP contribution in [-0.4, -0.2) is 46.7 Å². The number of nitrogens with one attached hydrogen (secondary N) is 1. The van der Waals surface area contributed by atoms with Crippen LogP contribution in [0.25, 0.3) is 0 Å². The lowest BCUT2D eigenvalue weighted by molar-refractivity contribution is -0.0317. The summed E-state index contributed by atoms with van der Waals surface area (Å²) in [4.78, 5) is 13.8. The summed E-state index contributed by atoms with van der Waals surface area (Å²) < 4.78 is 40.2. The number of nitrogens with zero attached hydrogens (tertiary/aromatic N) is 3. The first kappa shape index (κ1) is 16.7. The largest absolute Gasteiger partial charge is 0.418 e. The number of allylic oxidation sites excluding steroid dienone is 1. The third-order valence-corrected chi connectivity index (χ3v) is 4.33. The van der Waals surface area contributed by atoms with Gasteiger partial charge in [-0.05, 0) is 19.8 Å². The number of fused-ring (bicyclic) bond motifs is 2. The number of hydroxylamine groups is 2. The standard InChI is InChI=1S/C13H18N4O6S/c1-8(2)14-6-10-5-11(15-22-10)12-4-3-9-7-16(12)13(18)17(9)23-24(19,20)21/h5,9,12,14H,1,3-4,6-7H2,2H3,(H,19,20,21)/t9-,12+/m1/s1. The van der Waals surface area contributed by atoms with Crippen LogP contribution >= 0.6 is 0 Å². The van der Waals surface area contributed by atoms with E-state index in [1.165, 1.54) is 4.90 Å². The van der Waals surface area contributed by atoms with Crippen molar-refractivity contribution in [1.82, 2.24) is 20.4 Å². The average Bonchev–Trinajstić information content (AvgIpc) is 3.04. The fraction of sp³-hybridized carbons (Fsp3) is 0.538. The van der Waals surface area contributed by atoms with Crippen LogP contribution in [0, 0.1) is 0 Å². The summed E-state index contributed by atoms with van der Waals surface area (Å²) in [7, 11) is -4.74. The molecule has 1 aromatic heterocycles. The highest BCUT2D eigenvalue weighted by Gasteiger charge is 2.48. The van der Waals surface area contributed by atoms with Crippen molar-refractivity contribution in [2.24, 2.45) is 0 Å². The van der Waals surface area contributed by atoms with E-state index in [1.54, 1.807) is 6.07 Å². The van der Waals surface area contributed by atoms with Gasteiger partial charge in [0, 0.05) is 18.3 Å². The van der Waals surface area contributed by atoms with Crippen molar-refractivity contribution in [2.75, 3.05) is 6.54 Å². The van der Waals surface area contributed by atoms with Crippen molar-refractivity contribution in [1.29, 1.82) is 0 Å². The zero-order chi connectivity index (χ0) is 17.5. The van der Waals surface area contributed by atoms with E-state index in [0.29, 0.717) is 42.4 Å². The van der Waals surface area contributed by atoms with E-state index in [0.717, 1.165) is 5.70 Å². The molecule has 3 rings (SSSR count). The second kappa shape index (κ2) is 6.07. The van der Waals surface area contributed by atoms with Gasteiger partial charge in [-0.2, -0.15) is 13.5 Å². The molecular formula is C13H18N4O6S. The van der Waals surface area contributed by atoms with Crippen LogP contribution in [0.5, 0.6) is 0 Å². The topological polar surface area (TPSA) is 125 Å². The molecule has 2 aliphatic heterocycles. The summed E-state index contributed by atoms with van der Waals surface area (Å²) in [6, 6.07) is 0.378. The number of hydrogen-bond acceptors (Lipinski definition) is 7. The summed E-state index contributed by atoms with van der Waals surface area (Å²) in [5.41, 5.74) is 1.38. The summed E-state index contributed by atoms with van der Waals surface area (Å²) in [6.45, 7) is 6.29. The Bertz CT molecular complexity index is 760. The molecule has 0 aromatic carbocycles. The van der Waals surface area contributed by atoms with Crippen LogP contribution in [0.3, 0.4) is 0 Å². The molecule has 2 bridgehead atoms. The minimum absolute atomic E-state index is 0.297. The van der Waals surface area contributed by atoms with Crippen molar-refractivity contribution < 1.29 is 26.6 Å². The molecule has 2 amide bonds. The lowest BCUT2D eigenvalue weighted by Crippen LogP contribution is -2.35. The first-order valence-electron chi connectivity index (χ1n) is 7.36. The summed E-state index contributed by atoms with van der Waals surface area (Å²) in [5.74, 6) is 0.604. The van der Waals surface area contributed by atoms with Gasteiger partial charge in [0.25, 0.3) is 0 Å². The molecule has 2 saturated heterocycles. The Morgan fingerprint density at radius 1 is 1.58 bits per heavy atom. The van der Waals surface area contributed by atoms with Crippen LogP contribution in [0.4, 0.5) is 4.79 Å². The van der Waals surface area contributed by atoms with Crippen molar-refractivity contribution >= 4 is 16.4 Å². The highest BCUT2D eigenvalue weighted by Crippen LogP contribution is 2.38. The zero-order valence-corrected chi connectivity index (χ0v) is 13.8. The van der Waals surface area contributed by atoms with E-state index in [-0.39, 0.29) is 6.04 Å². The van der Waals surface area contributed by atoms with Crippen LogP contribution in [0.2, 0.25) is 0 Å². The summed E-state index contributed by atoms with van der Waals surface area (Å²) in [6.07, 6.45) is 1.11. The van der Waals surface area contributed by atoms with Gasteiger partial charge in [0.15, 0.2) is 5.76 Å². The van der Waals surface area contributed by atoms with Gasteiger partial charge >= 0.3 is 16.4 Å². The minimum atomic E-state index is -4.74. The molecule has 0 unspecified atom stereocenters. The van der Waals surface area contributed by atoms with Crippen LogP contribution < -0.4 is 5.32 Å². The van der Waals surface area contributed by atoms with Gasteiger partial charge in [0.1, 0.15) is 5.69 Å². The smallest absolute Gasteiger partial charge is 0.382 e. The van der Waals surface area contributed by atoms with Gasteiger partial charge in [-0.1, -0.05) is 11.7 Å². The van der Waals surface area contributed by atoms with Gasteiger partial charge in [0.2, 0.25) is 0 Å². The van der Waals surface area contributed by atoms with Crippen molar-refractivity contribution in [2.45, 2.75) is 38.4 Å². The van der Waals surface area contributed by atoms with Crippen LogP contribution in [0.15, 0.2) is 22.9 Å². The maximum atomic E-state index is 12.3. The first-order valence-corrected chi connectivity index (χ1v) is 8.73. The zero-order valence-electron chi connectivity index (χ0n) is 13.0. The second-order valence-corrected chi connectivity index (χ2v) is 6.87. The van der Waals surface area contributed by atoms with Gasteiger partial charge < -0.3 is 14.7 Å². The van der Waals surface area contributed by atoms with Crippen molar-refractivity contribution in [3.8, 4) is 0 Å². The Morgan fingerprint density at radius 2 is 2.33 bits per heavy atom. The third kappa shape index (κ3) is 3.37. The Balaban J connectivity index is 1.73. The molecule has 2 aliphatic rings. The molecular weight excluding hydrogens is 340 g/mol. The van der Waals surface area contributed by atoms with E-state index in [4.69, 9.17) is 9.08 Å². The summed E-state index contributed by atoms with van der Waals surface area (Å²) >= 11 is 0. The number of amides is 2. The molecule has 0 radical (unpaired) electrons. The predicted octanol–water partition coefficient (Wildman–Crippen LogP) is 0.973. The molecule has 0 saturated carbocycles. The molecule has 1 aromatic rings. The van der Waals surface area contributed by atoms with E-state index < -0.39 is 22.5 Å². The molecule has 2 atom stereocenters. The van der Waals surface area contributed by atoms with Crippen LogP contribution in [-0.2, 0) is 21.2 Å². The third-order valence-electron chi connectivity index (χ3n) is 3.98. The fourth-order valence-corrected chi connectivity index (χ4v) is 3.33.